The van der Waals surface area contributed by atoms with Gasteiger partial charge in [-0.25, -0.2) is 0 Å². The lowest BCUT2D eigenvalue weighted by molar-refractivity contribution is -0.148. The molecule has 0 saturated carbocycles. The summed E-state index contributed by atoms with van der Waals surface area (Å²) >= 11 is 0. The van der Waals surface area contributed by atoms with Crippen LogP contribution in [-0.2, 0) is 9.53 Å². The quantitative estimate of drug-likeness (QED) is 0.744. The van der Waals surface area contributed by atoms with E-state index >= 15 is 0 Å². The number of nitrogens with zero attached hydrogens (tertiary/aromatic N) is 1. The third-order valence-corrected chi connectivity index (χ3v) is 3.67. The molecule has 2 atom stereocenters. The highest BCUT2D eigenvalue weighted by Crippen LogP contribution is 2.24. The van der Waals surface area contributed by atoms with E-state index in [1.165, 1.54) is 7.11 Å². The minimum atomic E-state index is -0.664. The van der Waals surface area contributed by atoms with Gasteiger partial charge in [0.1, 0.15) is 5.54 Å². The van der Waals surface area contributed by atoms with Gasteiger partial charge in [-0.2, -0.15) is 0 Å². The van der Waals surface area contributed by atoms with Crippen LogP contribution in [0.1, 0.15) is 34.6 Å². The number of hydrogen-bond donors (Lipinski definition) is 1. The second-order valence-corrected chi connectivity index (χ2v) is 6.03. The molecule has 0 aromatic carbocycles. The van der Waals surface area contributed by atoms with Crippen LogP contribution < -0.4 is 5.32 Å². The number of rotatable bonds is 5. The minimum Gasteiger partial charge on any atom is -0.468 e. The summed E-state index contributed by atoms with van der Waals surface area (Å²) in [5.74, 6) is -0.229. The average Bonchev–Trinajstić information content (AvgIpc) is 2.25. The van der Waals surface area contributed by atoms with Crippen molar-refractivity contribution in [2.24, 2.45) is 5.41 Å². The molecule has 0 spiro atoms. The third kappa shape index (κ3) is 4.28. The Morgan fingerprint density at radius 1 is 1.35 bits per heavy atom. The molecule has 4 nitrogen and oxygen atoms in total. The van der Waals surface area contributed by atoms with E-state index in [1.807, 2.05) is 14.0 Å². The zero-order valence-electron chi connectivity index (χ0n) is 12.5. The molecule has 102 valence electrons. The maximum absolute atomic E-state index is 11.8. The molecule has 0 bridgehead atoms. The number of esters is 1. The van der Waals surface area contributed by atoms with E-state index in [1.54, 1.807) is 7.05 Å². The number of hydrogen-bond acceptors (Lipinski definition) is 4. The number of carbonyl (C=O) groups excluding carboxylic acids is 1. The average molecular weight is 244 g/mol. The fraction of sp³-hybridized carbons (Fsp3) is 0.923. The Hall–Kier alpha value is -0.610. The number of carbonyl (C=O) groups is 1. The first-order valence-corrected chi connectivity index (χ1v) is 6.06. The zero-order chi connectivity index (χ0) is 13.9. The fourth-order valence-electron chi connectivity index (χ4n) is 1.77. The van der Waals surface area contributed by atoms with Crippen LogP contribution in [0.2, 0.25) is 0 Å². The van der Waals surface area contributed by atoms with Crippen LogP contribution in [0.3, 0.4) is 0 Å². The second kappa shape index (κ2) is 5.83. The van der Waals surface area contributed by atoms with Crippen LogP contribution in [0.4, 0.5) is 0 Å². The summed E-state index contributed by atoms with van der Waals surface area (Å²) in [5.41, 5.74) is -0.484. The van der Waals surface area contributed by atoms with E-state index in [0.717, 1.165) is 0 Å². The van der Waals surface area contributed by atoms with Crippen molar-refractivity contribution in [1.82, 2.24) is 10.2 Å². The van der Waals surface area contributed by atoms with Gasteiger partial charge in [-0.3, -0.25) is 4.79 Å². The summed E-state index contributed by atoms with van der Waals surface area (Å²) in [7, 11) is 5.24. The molecule has 17 heavy (non-hydrogen) atoms. The number of ether oxygens (including phenoxy) is 1. The van der Waals surface area contributed by atoms with E-state index in [4.69, 9.17) is 4.74 Å². The lowest BCUT2D eigenvalue weighted by atomic mass is 9.86. The monoisotopic (exact) mass is 244 g/mol. The summed E-state index contributed by atoms with van der Waals surface area (Å²) in [6.45, 7) is 11.3. The van der Waals surface area contributed by atoms with Crippen molar-refractivity contribution in [3.8, 4) is 0 Å². The van der Waals surface area contributed by atoms with Crippen molar-refractivity contribution in [3.63, 3.8) is 0 Å². The molecular weight excluding hydrogens is 216 g/mol. The molecule has 0 fully saturated rings. The SMILES string of the molecule is CNC(C)(CN(C)C(C)C(C)(C)C)C(=O)OC. The molecule has 4 heteroatoms. The summed E-state index contributed by atoms with van der Waals surface area (Å²) in [5, 5.41) is 3.05. The summed E-state index contributed by atoms with van der Waals surface area (Å²) in [6, 6.07) is 0.375. The predicted octanol–water partition coefficient (Wildman–Crippen LogP) is 1.50. The van der Waals surface area contributed by atoms with Crippen molar-refractivity contribution < 1.29 is 9.53 Å². The van der Waals surface area contributed by atoms with Crippen LogP contribution in [0.25, 0.3) is 0 Å². The van der Waals surface area contributed by atoms with E-state index in [2.05, 4.69) is 37.9 Å². The number of methoxy groups -OCH3 is 1. The first-order chi connectivity index (χ1) is 7.58. The van der Waals surface area contributed by atoms with Gasteiger partial charge in [-0.1, -0.05) is 20.8 Å². The Morgan fingerprint density at radius 3 is 2.12 bits per heavy atom. The van der Waals surface area contributed by atoms with Gasteiger partial charge in [-0.15, -0.1) is 0 Å². The van der Waals surface area contributed by atoms with Gasteiger partial charge in [0.15, 0.2) is 0 Å². The molecule has 0 aliphatic heterocycles. The van der Waals surface area contributed by atoms with Gasteiger partial charge in [0, 0.05) is 12.6 Å². The molecule has 0 aromatic heterocycles. The number of likely N-dealkylation sites (N-methyl/N-ethyl adjacent to an activating group) is 2. The smallest absolute Gasteiger partial charge is 0.327 e. The van der Waals surface area contributed by atoms with Gasteiger partial charge < -0.3 is 15.0 Å². The Kier molecular flexibility index (Phi) is 5.62. The summed E-state index contributed by atoms with van der Waals surface area (Å²) in [4.78, 5) is 13.9. The molecule has 2 unspecified atom stereocenters. The predicted molar refractivity (Wildman–Crippen MR) is 71.0 cm³/mol. The highest BCUT2D eigenvalue weighted by molar-refractivity contribution is 5.80. The topological polar surface area (TPSA) is 41.6 Å². The van der Waals surface area contributed by atoms with E-state index in [0.29, 0.717) is 12.6 Å². The van der Waals surface area contributed by atoms with Crippen molar-refractivity contribution in [2.45, 2.75) is 46.2 Å². The Bertz CT molecular complexity index is 261. The maximum Gasteiger partial charge on any atom is 0.327 e. The molecule has 0 aromatic rings. The van der Waals surface area contributed by atoms with Gasteiger partial charge in [0.05, 0.1) is 7.11 Å². The Balaban J connectivity index is 4.75. The first-order valence-electron chi connectivity index (χ1n) is 6.06. The fourth-order valence-corrected chi connectivity index (χ4v) is 1.77. The molecular formula is C13H28N2O2. The highest BCUT2D eigenvalue weighted by Gasteiger charge is 2.36. The highest BCUT2D eigenvalue weighted by atomic mass is 16.5. The summed E-state index contributed by atoms with van der Waals surface area (Å²) < 4.78 is 4.84. The molecule has 0 rings (SSSR count). The Labute approximate surface area is 106 Å². The third-order valence-electron chi connectivity index (χ3n) is 3.67. The summed E-state index contributed by atoms with van der Waals surface area (Å²) in [6.07, 6.45) is 0. The lowest BCUT2D eigenvalue weighted by Crippen LogP contribution is -2.57. The zero-order valence-corrected chi connectivity index (χ0v) is 12.5. The molecule has 0 radical (unpaired) electrons. The van der Waals surface area contributed by atoms with Crippen LogP contribution in [0.5, 0.6) is 0 Å². The van der Waals surface area contributed by atoms with Crippen molar-refractivity contribution >= 4 is 5.97 Å². The normalized spacial score (nSPS) is 17.7. The largest absolute Gasteiger partial charge is 0.468 e. The van der Waals surface area contributed by atoms with Crippen LogP contribution in [0, 0.1) is 5.41 Å². The molecule has 1 N–H and O–H groups in total. The van der Waals surface area contributed by atoms with Crippen LogP contribution in [-0.4, -0.2) is 50.2 Å². The van der Waals surface area contributed by atoms with Crippen molar-refractivity contribution in [1.29, 1.82) is 0 Å². The number of nitrogens with one attached hydrogen (secondary N) is 1. The lowest BCUT2D eigenvalue weighted by Gasteiger charge is -2.39. The first kappa shape index (κ1) is 16.4. The van der Waals surface area contributed by atoms with Gasteiger partial charge >= 0.3 is 5.97 Å². The standard InChI is InChI=1S/C13H28N2O2/c1-10(12(2,3)4)15(7)9-13(5,14-6)11(16)17-8/h10,14H,9H2,1-8H3. The van der Waals surface area contributed by atoms with Crippen LogP contribution in [0.15, 0.2) is 0 Å². The molecule has 0 saturated heterocycles. The van der Waals surface area contributed by atoms with Gasteiger partial charge in [0.2, 0.25) is 0 Å². The van der Waals surface area contributed by atoms with Crippen LogP contribution >= 0.6 is 0 Å². The van der Waals surface area contributed by atoms with Gasteiger partial charge in [0.25, 0.3) is 0 Å². The van der Waals surface area contributed by atoms with E-state index in [9.17, 15) is 4.79 Å². The molecule has 0 aliphatic rings. The molecule has 0 heterocycles. The van der Waals surface area contributed by atoms with Gasteiger partial charge in [-0.05, 0) is 33.4 Å². The van der Waals surface area contributed by atoms with E-state index < -0.39 is 5.54 Å². The molecule has 0 amide bonds. The van der Waals surface area contributed by atoms with Crippen molar-refractivity contribution in [3.05, 3.63) is 0 Å². The van der Waals surface area contributed by atoms with E-state index in [-0.39, 0.29) is 11.4 Å². The molecule has 0 aliphatic carbocycles. The minimum absolute atomic E-state index is 0.180. The maximum atomic E-state index is 11.8. The Morgan fingerprint density at radius 2 is 1.82 bits per heavy atom. The van der Waals surface area contributed by atoms with Crippen molar-refractivity contribution in [2.75, 3.05) is 27.7 Å². The second-order valence-electron chi connectivity index (χ2n) is 6.03.